The molecule has 1 aliphatic heterocycles. The van der Waals surface area contributed by atoms with Gasteiger partial charge in [-0.2, -0.15) is 0 Å². The predicted molar refractivity (Wildman–Crippen MR) is 71.6 cm³/mol. The summed E-state index contributed by atoms with van der Waals surface area (Å²) in [6.07, 6.45) is 2.43. The molecule has 1 N–H and O–H groups in total. The number of hydrogen-bond donors (Lipinski definition) is 1. The number of benzene rings is 1. The number of ether oxygens (including phenoxy) is 1. The molecule has 1 aromatic rings. The molecular formula is C15H23NO. The topological polar surface area (TPSA) is 21.3 Å². The van der Waals surface area contributed by atoms with Crippen molar-refractivity contribution in [1.82, 2.24) is 5.32 Å². The van der Waals surface area contributed by atoms with Crippen molar-refractivity contribution in [2.24, 2.45) is 5.92 Å². The Bertz CT molecular complexity index is 327. The molecule has 2 rings (SSSR count). The maximum absolute atomic E-state index is 5.82. The molecule has 0 saturated carbocycles. The second-order valence-electron chi connectivity index (χ2n) is 5.05. The maximum atomic E-state index is 5.82. The van der Waals surface area contributed by atoms with E-state index in [4.69, 9.17) is 4.74 Å². The summed E-state index contributed by atoms with van der Waals surface area (Å²) in [6.45, 7) is 7.57. The Morgan fingerprint density at radius 2 is 2.12 bits per heavy atom. The summed E-state index contributed by atoms with van der Waals surface area (Å²) in [4.78, 5) is 0. The van der Waals surface area contributed by atoms with Gasteiger partial charge in [0.1, 0.15) is 5.75 Å². The van der Waals surface area contributed by atoms with Crippen molar-refractivity contribution in [2.45, 2.75) is 32.6 Å². The van der Waals surface area contributed by atoms with Crippen LogP contribution in [-0.2, 0) is 0 Å². The van der Waals surface area contributed by atoms with Crippen molar-refractivity contribution in [3.8, 4) is 5.75 Å². The van der Waals surface area contributed by atoms with E-state index in [9.17, 15) is 0 Å². The summed E-state index contributed by atoms with van der Waals surface area (Å²) in [7, 11) is 0. The SMILES string of the molecule is CCC(C)c1ccc(OCC2CCNC2)cc1. The first-order valence-electron chi connectivity index (χ1n) is 6.73. The molecule has 17 heavy (non-hydrogen) atoms. The Morgan fingerprint density at radius 1 is 1.35 bits per heavy atom. The van der Waals surface area contributed by atoms with E-state index < -0.39 is 0 Å². The van der Waals surface area contributed by atoms with Gasteiger partial charge >= 0.3 is 0 Å². The molecule has 2 nitrogen and oxygen atoms in total. The van der Waals surface area contributed by atoms with Crippen LogP contribution >= 0.6 is 0 Å². The molecule has 1 aromatic carbocycles. The Kier molecular flexibility index (Phi) is 4.43. The van der Waals surface area contributed by atoms with E-state index in [1.54, 1.807) is 0 Å². The van der Waals surface area contributed by atoms with Crippen LogP contribution in [0.5, 0.6) is 5.75 Å². The normalized spacial score (nSPS) is 21.4. The minimum absolute atomic E-state index is 0.642. The second-order valence-corrected chi connectivity index (χ2v) is 5.05. The van der Waals surface area contributed by atoms with Crippen molar-refractivity contribution in [3.63, 3.8) is 0 Å². The van der Waals surface area contributed by atoms with Crippen LogP contribution < -0.4 is 10.1 Å². The molecular weight excluding hydrogens is 210 g/mol. The quantitative estimate of drug-likeness (QED) is 0.843. The molecule has 0 amide bonds. The van der Waals surface area contributed by atoms with Gasteiger partial charge in [0.2, 0.25) is 0 Å². The van der Waals surface area contributed by atoms with E-state index in [2.05, 4.69) is 43.4 Å². The number of rotatable bonds is 5. The Hall–Kier alpha value is -1.02. The molecule has 2 unspecified atom stereocenters. The van der Waals surface area contributed by atoms with Gasteiger partial charge in [-0.15, -0.1) is 0 Å². The summed E-state index contributed by atoms with van der Waals surface area (Å²) in [5.41, 5.74) is 1.40. The standard InChI is InChI=1S/C15H23NO/c1-3-12(2)14-4-6-15(7-5-14)17-11-13-8-9-16-10-13/h4-7,12-13,16H,3,8-11H2,1-2H3. The molecule has 1 aliphatic rings. The third-order valence-corrected chi connectivity index (χ3v) is 3.71. The first-order valence-corrected chi connectivity index (χ1v) is 6.73. The minimum atomic E-state index is 0.642. The van der Waals surface area contributed by atoms with Crippen molar-refractivity contribution in [3.05, 3.63) is 29.8 Å². The zero-order chi connectivity index (χ0) is 12.1. The summed E-state index contributed by atoms with van der Waals surface area (Å²) in [5, 5.41) is 3.36. The first-order chi connectivity index (χ1) is 8.29. The summed E-state index contributed by atoms with van der Waals surface area (Å²) in [6, 6.07) is 8.58. The monoisotopic (exact) mass is 233 g/mol. The van der Waals surface area contributed by atoms with Gasteiger partial charge in [0.05, 0.1) is 6.61 Å². The second kappa shape index (κ2) is 6.06. The van der Waals surface area contributed by atoms with Crippen molar-refractivity contribution >= 4 is 0 Å². The van der Waals surface area contributed by atoms with E-state index in [1.807, 2.05) is 0 Å². The van der Waals surface area contributed by atoms with Crippen molar-refractivity contribution in [1.29, 1.82) is 0 Å². The zero-order valence-corrected chi connectivity index (χ0v) is 10.9. The fourth-order valence-corrected chi connectivity index (χ4v) is 2.20. The van der Waals surface area contributed by atoms with E-state index in [1.165, 1.54) is 18.4 Å². The third kappa shape index (κ3) is 3.47. The van der Waals surface area contributed by atoms with Gasteiger partial charge in [-0.05, 0) is 43.0 Å². The van der Waals surface area contributed by atoms with E-state index >= 15 is 0 Å². The van der Waals surface area contributed by atoms with Gasteiger partial charge in [-0.1, -0.05) is 26.0 Å². The summed E-state index contributed by atoms with van der Waals surface area (Å²) in [5.74, 6) is 2.33. The van der Waals surface area contributed by atoms with Crippen molar-refractivity contribution in [2.75, 3.05) is 19.7 Å². The molecule has 0 aromatic heterocycles. The average Bonchev–Trinajstić information content (AvgIpc) is 2.89. The predicted octanol–water partition coefficient (Wildman–Crippen LogP) is 3.19. The van der Waals surface area contributed by atoms with Crippen LogP contribution in [0, 0.1) is 5.92 Å². The van der Waals surface area contributed by atoms with Gasteiger partial charge in [-0.25, -0.2) is 0 Å². The van der Waals surface area contributed by atoms with Crippen LogP contribution in [0.4, 0.5) is 0 Å². The summed E-state index contributed by atoms with van der Waals surface area (Å²) < 4.78 is 5.82. The van der Waals surface area contributed by atoms with Gasteiger partial charge in [-0.3, -0.25) is 0 Å². The number of nitrogens with one attached hydrogen (secondary N) is 1. The molecule has 1 heterocycles. The Morgan fingerprint density at radius 3 is 2.71 bits per heavy atom. The van der Waals surface area contributed by atoms with Crippen LogP contribution in [0.25, 0.3) is 0 Å². The molecule has 2 atom stereocenters. The lowest BCUT2D eigenvalue weighted by molar-refractivity contribution is 0.260. The van der Waals surface area contributed by atoms with Crippen LogP contribution in [0.3, 0.4) is 0 Å². The lowest BCUT2D eigenvalue weighted by Gasteiger charge is -2.13. The Labute approximate surface area is 104 Å². The van der Waals surface area contributed by atoms with Gasteiger partial charge in [0, 0.05) is 12.5 Å². The largest absolute Gasteiger partial charge is 0.493 e. The first kappa shape index (κ1) is 12.4. The lowest BCUT2D eigenvalue weighted by Crippen LogP contribution is -2.15. The van der Waals surface area contributed by atoms with Gasteiger partial charge in [0.15, 0.2) is 0 Å². The maximum Gasteiger partial charge on any atom is 0.119 e. The molecule has 2 heteroatoms. The smallest absolute Gasteiger partial charge is 0.119 e. The van der Waals surface area contributed by atoms with Crippen LogP contribution in [0.1, 0.15) is 38.2 Å². The molecule has 0 bridgehead atoms. The zero-order valence-electron chi connectivity index (χ0n) is 10.9. The highest BCUT2D eigenvalue weighted by Crippen LogP contribution is 2.22. The highest BCUT2D eigenvalue weighted by Gasteiger charge is 2.14. The Balaban J connectivity index is 1.84. The number of hydrogen-bond acceptors (Lipinski definition) is 2. The molecule has 94 valence electrons. The fourth-order valence-electron chi connectivity index (χ4n) is 2.20. The van der Waals surface area contributed by atoms with E-state index in [0.29, 0.717) is 11.8 Å². The average molecular weight is 233 g/mol. The third-order valence-electron chi connectivity index (χ3n) is 3.71. The summed E-state index contributed by atoms with van der Waals surface area (Å²) >= 11 is 0. The van der Waals surface area contributed by atoms with Gasteiger partial charge in [0.25, 0.3) is 0 Å². The molecule has 0 aliphatic carbocycles. The van der Waals surface area contributed by atoms with Crippen molar-refractivity contribution < 1.29 is 4.74 Å². The minimum Gasteiger partial charge on any atom is -0.493 e. The van der Waals surface area contributed by atoms with Gasteiger partial charge < -0.3 is 10.1 Å². The van der Waals surface area contributed by atoms with E-state index in [-0.39, 0.29) is 0 Å². The lowest BCUT2D eigenvalue weighted by atomic mass is 9.99. The highest BCUT2D eigenvalue weighted by molar-refractivity contribution is 5.29. The van der Waals surface area contributed by atoms with E-state index in [0.717, 1.165) is 25.4 Å². The molecule has 1 saturated heterocycles. The van der Waals surface area contributed by atoms with Crippen LogP contribution in [-0.4, -0.2) is 19.7 Å². The highest BCUT2D eigenvalue weighted by atomic mass is 16.5. The molecule has 1 fully saturated rings. The molecule has 0 spiro atoms. The van der Waals surface area contributed by atoms with Crippen LogP contribution in [0.2, 0.25) is 0 Å². The van der Waals surface area contributed by atoms with Crippen LogP contribution in [0.15, 0.2) is 24.3 Å². The molecule has 0 radical (unpaired) electrons. The fraction of sp³-hybridized carbons (Fsp3) is 0.600.